The van der Waals surface area contributed by atoms with Crippen LogP contribution < -0.4 is 15.6 Å². The highest BCUT2D eigenvalue weighted by molar-refractivity contribution is 6.08. The molecule has 3 aromatic rings. The zero-order valence-corrected chi connectivity index (χ0v) is 18.9. The molecule has 1 amide bonds. The third-order valence-electron chi connectivity index (χ3n) is 6.05. The molecule has 0 aliphatic carbocycles. The van der Waals surface area contributed by atoms with Gasteiger partial charge in [-0.3, -0.25) is 9.59 Å². The van der Waals surface area contributed by atoms with Gasteiger partial charge in [0.15, 0.2) is 0 Å². The molecule has 4 rings (SSSR count). The van der Waals surface area contributed by atoms with E-state index in [4.69, 9.17) is 14.2 Å². The van der Waals surface area contributed by atoms with E-state index in [0.717, 1.165) is 16.6 Å². The monoisotopic (exact) mass is 439 g/mol. The van der Waals surface area contributed by atoms with Crippen LogP contribution >= 0.6 is 0 Å². The predicted molar refractivity (Wildman–Crippen MR) is 121 cm³/mol. The number of hydrogen-bond acceptors (Lipinski definition) is 5. The second kappa shape index (κ2) is 9.18. The molecule has 1 saturated heterocycles. The Balaban J connectivity index is 1.67. The molecule has 8 heteroatoms. The number of para-hydroxylation sites is 1. The molecule has 0 spiro atoms. The molecule has 170 valence electrons. The average Bonchev–Trinajstić information content (AvgIpc) is 3.09. The highest BCUT2D eigenvalue weighted by atomic mass is 16.6. The summed E-state index contributed by atoms with van der Waals surface area (Å²) in [5.41, 5.74) is 3.20. The lowest BCUT2D eigenvalue weighted by Gasteiger charge is -2.30. The van der Waals surface area contributed by atoms with Gasteiger partial charge in [-0.15, -0.1) is 0 Å². The van der Waals surface area contributed by atoms with E-state index < -0.39 is 0 Å². The maximum atomic E-state index is 13.3. The van der Waals surface area contributed by atoms with Gasteiger partial charge in [-0.25, -0.2) is 0 Å². The Labute approximate surface area is 186 Å². The molecule has 32 heavy (non-hydrogen) atoms. The molecule has 0 saturated carbocycles. The van der Waals surface area contributed by atoms with Crippen LogP contribution in [-0.2, 0) is 16.0 Å². The number of methoxy groups -OCH3 is 1. The number of H-pyrrole nitrogens is 1. The van der Waals surface area contributed by atoms with Crippen LogP contribution in [0.4, 0.5) is 0 Å². The summed E-state index contributed by atoms with van der Waals surface area (Å²) in [4.78, 5) is 28.5. The average molecular weight is 440 g/mol. The van der Waals surface area contributed by atoms with Crippen LogP contribution in [0.5, 0.6) is 5.75 Å². The summed E-state index contributed by atoms with van der Waals surface area (Å²) in [5, 5.41) is 3.76. The van der Waals surface area contributed by atoms with Crippen LogP contribution in [0.2, 0.25) is 0 Å². The standard InChI is InChI=1S/C24H29N3O5/c1-14-11-20(30-4)18(23(28)26-14)12-25-24(29)22-16(3)27(19-8-6-5-7-17(19)22)15(2)21-13-31-9-10-32-21/h5-8,11,15,21H,9-10,12-13H2,1-4H3,(H,25,29)(H,26,28). The highest BCUT2D eigenvalue weighted by Crippen LogP contribution is 2.31. The Morgan fingerprint density at radius 2 is 2.09 bits per heavy atom. The van der Waals surface area contributed by atoms with E-state index in [0.29, 0.717) is 42.4 Å². The molecule has 1 aliphatic rings. The van der Waals surface area contributed by atoms with E-state index in [2.05, 4.69) is 21.8 Å². The van der Waals surface area contributed by atoms with Gasteiger partial charge in [0.25, 0.3) is 11.5 Å². The summed E-state index contributed by atoms with van der Waals surface area (Å²) in [7, 11) is 1.51. The summed E-state index contributed by atoms with van der Waals surface area (Å²) < 4.78 is 19.0. The Morgan fingerprint density at radius 3 is 2.81 bits per heavy atom. The van der Waals surface area contributed by atoms with Gasteiger partial charge in [-0.05, 0) is 32.9 Å². The normalized spacial score (nSPS) is 17.3. The van der Waals surface area contributed by atoms with Gasteiger partial charge in [0, 0.05) is 22.3 Å². The molecular weight excluding hydrogens is 410 g/mol. The summed E-state index contributed by atoms with van der Waals surface area (Å²) >= 11 is 0. The van der Waals surface area contributed by atoms with Crippen LogP contribution in [0.25, 0.3) is 10.9 Å². The summed E-state index contributed by atoms with van der Waals surface area (Å²) in [6.45, 7) is 7.55. The zero-order valence-electron chi connectivity index (χ0n) is 18.9. The van der Waals surface area contributed by atoms with Crippen molar-refractivity contribution in [2.45, 2.75) is 39.5 Å². The quantitative estimate of drug-likeness (QED) is 0.616. The molecular formula is C24H29N3O5. The Bertz CT molecular complexity index is 1190. The van der Waals surface area contributed by atoms with Crippen molar-refractivity contribution >= 4 is 16.8 Å². The number of aryl methyl sites for hydroxylation is 1. The summed E-state index contributed by atoms with van der Waals surface area (Å²) in [6, 6.07) is 9.56. The molecule has 8 nitrogen and oxygen atoms in total. The van der Waals surface area contributed by atoms with Crippen LogP contribution in [-0.4, -0.2) is 48.5 Å². The maximum absolute atomic E-state index is 13.3. The topological polar surface area (TPSA) is 94.6 Å². The van der Waals surface area contributed by atoms with Crippen molar-refractivity contribution in [3.63, 3.8) is 0 Å². The second-order valence-corrected chi connectivity index (χ2v) is 8.08. The number of pyridine rings is 1. The number of nitrogens with one attached hydrogen (secondary N) is 2. The number of ether oxygens (including phenoxy) is 3. The van der Waals surface area contributed by atoms with Crippen molar-refractivity contribution in [3.8, 4) is 5.75 Å². The summed E-state index contributed by atoms with van der Waals surface area (Å²) in [5.74, 6) is 0.210. The van der Waals surface area contributed by atoms with E-state index in [1.54, 1.807) is 13.0 Å². The molecule has 1 aromatic carbocycles. The first kappa shape index (κ1) is 22.1. The highest BCUT2D eigenvalue weighted by Gasteiger charge is 2.28. The number of carbonyl (C=O) groups is 1. The molecule has 2 aromatic heterocycles. The Hall–Kier alpha value is -3.10. The molecule has 0 radical (unpaired) electrons. The fourth-order valence-electron chi connectivity index (χ4n) is 4.45. The van der Waals surface area contributed by atoms with Crippen molar-refractivity contribution < 1.29 is 19.0 Å². The number of nitrogens with zero attached hydrogens (tertiary/aromatic N) is 1. The SMILES string of the molecule is COc1cc(C)[nH]c(=O)c1CNC(=O)c1c(C)n(C(C)C2COCCO2)c2ccccc12. The first-order chi connectivity index (χ1) is 15.4. The van der Waals surface area contributed by atoms with Gasteiger partial charge in [-0.2, -0.15) is 0 Å². The van der Waals surface area contributed by atoms with E-state index in [1.165, 1.54) is 7.11 Å². The van der Waals surface area contributed by atoms with E-state index in [-0.39, 0.29) is 30.2 Å². The number of carbonyl (C=O) groups excluding carboxylic acids is 1. The first-order valence-corrected chi connectivity index (χ1v) is 10.8. The number of aromatic nitrogens is 2. The zero-order chi connectivity index (χ0) is 22.8. The van der Waals surface area contributed by atoms with Crippen LogP contribution in [0.3, 0.4) is 0 Å². The van der Waals surface area contributed by atoms with Gasteiger partial charge >= 0.3 is 0 Å². The first-order valence-electron chi connectivity index (χ1n) is 10.8. The number of fused-ring (bicyclic) bond motifs is 1. The molecule has 0 bridgehead atoms. The van der Waals surface area contributed by atoms with Crippen molar-refractivity contribution in [1.29, 1.82) is 0 Å². The van der Waals surface area contributed by atoms with Crippen LogP contribution in [0.1, 0.15) is 40.3 Å². The lowest BCUT2D eigenvalue weighted by molar-refractivity contribution is -0.104. The fraction of sp³-hybridized carbons (Fsp3) is 0.417. The number of aromatic amines is 1. The molecule has 1 fully saturated rings. The minimum atomic E-state index is -0.274. The maximum Gasteiger partial charge on any atom is 0.256 e. The number of amides is 1. The Kier molecular flexibility index (Phi) is 6.34. The van der Waals surface area contributed by atoms with E-state index >= 15 is 0 Å². The fourth-order valence-corrected chi connectivity index (χ4v) is 4.45. The minimum Gasteiger partial charge on any atom is -0.496 e. The third kappa shape index (κ3) is 4.03. The number of benzene rings is 1. The van der Waals surface area contributed by atoms with Crippen molar-refractivity contribution in [1.82, 2.24) is 14.9 Å². The van der Waals surface area contributed by atoms with E-state index in [1.807, 2.05) is 31.2 Å². The third-order valence-corrected chi connectivity index (χ3v) is 6.05. The van der Waals surface area contributed by atoms with Gasteiger partial charge in [0.2, 0.25) is 0 Å². The van der Waals surface area contributed by atoms with Gasteiger partial charge in [0.1, 0.15) is 11.9 Å². The van der Waals surface area contributed by atoms with Gasteiger partial charge < -0.3 is 29.1 Å². The lowest BCUT2D eigenvalue weighted by Crippen LogP contribution is -2.35. The predicted octanol–water partition coefficient (Wildman–Crippen LogP) is 2.86. The molecule has 2 unspecified atom stereocenters. The Morgan fingerprint density at radius 1 is 1.31 bits per heavy atom. The summed E-state index contributed by atoms with van der Waals surface area (Å²) in [6.07, 6.45) is -0.0930. The van der Waals surface area contributed by atoms with Gasteiger partial charge in [0.05, 0.1) is 50.6 Å². The van der Waals surface area contributed by atoms with Crippen molar-refractivity contribution in [2.24, 2.45) is 0 Å². The van der Waals surface area contributed by atoms with E-state index in [9.17, 15) is 9.59 Å². The van der Waals surface area contributed by atoms with Crippen LogP contribution in [0.15, 0.2) is 35.1 Å². The lowest BCUT2D eigenvalue weighted by atomic mass is 10.1. The van der Waals surface area contributed by atoms with Crippen molar-refractivity contribution in [3.05, 3.63) is 63.2 Å². The molecule has 1 aliphatic heterocycles. The molecule has 2 atom stereocenters. The van der Waals surface area contributed by atoms with Gasteiger partial charge in [-0.1, -0.05) is 18.2 Å². The van der Waals surface area contributed by atoms with Crippen LogP contribution in [0, 0.1) is 13.8 Å². The largest absolute Gasteiger partial charge is 0.496 e. The molecule has 2 N–H and O–H groups in total. The smallest absolute Gasteiger partial charge is 0.256 e. The second-order valence-electron chi connectivity index (χ2n) is 8.08. The number of hydrogen-bond donors (Lipinski definition) is 2. The minimum absolute atomic E-state index is 0.0122. The van der Waals surface area contributed by atoms with Crippen molar-refractivity contribution in [2.75, 3.05) is 26.9 Å². The molecule has 3 heterocycles. The number of rotatable bonds is 6.